The molecule has 3 rings (SSSR count). The van der Waals surface area contributed by atoms with E-state index in [4.69, 9.17) is 4.74 Å². The molecule has 0 N–H and O–H groups in total. The number of halogens is 1. The van der Waals surface area contributed by atoms with Crippen LogP contribution in [-0.2, 0) is 4.79 Å². The van der Waals surface area contributed by atoms with E-state index in [-0.39, 0.29) is 11.8 Å². The maximum atomic E-state index is 14.3. The van der Waals surface area contributed by atoms with E-state index in [1.54, 1.807) is 6.07 Å². The Hall–Kier alpha value is -1.42. The summed E-state index contributed by atoms with van der Waals surface area (Å²) in [5.74, 6) is 2.05. The number of hydrogen-bond donors (Lipinski definition) is 0. The van der Waals surface area contributed by atoms with E-state index >= 15 is 0 Å². The zero-order chi connectivity index (χ0) is 21.1. The van der Waals surface area contributed by atoms with Crippen LogP contribution < -0.4 is 4.74 Å². The van der Waals surface area contributed by atoms with Crippen LogP contribution in [0.1, 0.15) is 71.8 Å². The number of carbonyl (C=O) groups excluding carboxylic acids is 1. The van der Waals surface area contributed by atoms with Crippen LogP contribution in [0.3, 0.4) is 0 Å². The lowest BCUT2D eigenvalue weighted by molar-refractivity contribution is -0.143. The maximum absolute atomic E-state index is 14.3. The number of benzene rings is 1. The van der Waals surface area contributed by atoms with Gasteiger partial charge in [0.05, 0.1) is 5.41 Å². The van der Waals surface area contributed by atoms with Gasteiger partial charge in [0, 0.05) is 12.6 Å². The van der Waals surface area contributed by atoms with Crippen LogP contribution in [0.2, 0.25) is 0 Å². The third-order valence-electron chi connectivity index (χ3n) is 6.01. The zero-order valence-electron chi connectivity index (χ0n) is 18.7. The van der Waals surface area contributed by atoms with Gasteiger partial charge in [0.2, 0.25) is 0 Å². The molecule has 1 aromatic rings. The van der Waals surface area contributed by atoms with Crippen molar-refractivity contribution in [3.05, 3.63) is 29.6 Å². The number of esters is 1. The molecule has 0 saturated heterocycles. The summed E-state index contributed by atoms with van der Waals surface area (Å²) < 4.78 is 19.8. The predicted octanol–water partition coefficient (Wildman–Crippen LogP) is 5.88. The average Bonchev–Trinajstić information content (AvgIpc) is 3.00. The molecule has 158 valence electrons. The first-order valence-corrected chi connectivity index (χ1v) is 10.8. The topological polar surface area (TPSA) is 29.5 Å². The summed E-state index contributed by atoms with van der Waals surface area (Å²) in [5, 5.41) is 0. The Morgan fingerprint density at radius 1 is 1.14 bits per heavy atom. The fourth-order valence-electron chi connectivity index (χ4n) is 4.78. The molecular weight excluding hydrogens is 353 g/mol. The Labute approximate surface area is 170 Å². The van der Waals surface area contributed by atoms with Crippen molar-refractivity contribution in [2.24, 2.45) is 23.2 Å². The molecule has 0 spiro atoms. The molecule has 2 fully saturated rings. The average molecular weight is 392 g/mol. The largest absolute Gasteiger partial charge is 0.426 e. The minimum absolute atomic E-state index is 0.319. The van der Waals surface area contributed by atoms with Crippen molar-refractivity contribution in [1.82, 2.24) is 4.90 Å². The van der Waals surface area contributed by atoms with E-state index in [9.17, 15) is 9.18 Å². The number of ether oxygens (including phenoxy) is 1. The van der Waals surface area contributed by atoms with Gasteiger partial charge < -0.3 is 9.64 Å². The molecule has 2 saturated carbocycles. The molecule has 0 aliphatic heterocycles. The monoisotopic (exact) mass is 391 g/mol. The van der Waals surface area contributed by atoms with Crippen LogP contribution >= 0.6 is 0 Å². The fourth-order valence-corrected chi connectivity index (χ4v) is 4.78. The molecule has 0 radical (unpaired) electrons. The molecule has 2 unspecified atom stereocenters. The first-order chi connectivity index (χ1) is 13.1. The molecule has 3 nitrogen and oxygen atoms in total. The second kappa shape index (κ2) is 9.39. The van der Waals surface area contributed by atoms with Gasteiger partial charge in [-0.1, -0.05) is 20.3 Å². The number of carbonyl (C=O) groups is 1. The lowest BCUT2D eigenvalue weighted by Crippen LogP contribution is -2.34. The van der Waals surface area contributed by atoms with Crippen molar-refractivity contribution in [3.63, 3.8) is 0 Å². The van der Waals surface area contributed by atoms with Gasteiger partial charge in [-0.25, -0.2) is 4.39 Å². The summed E-state index contributed by atoms with van der Waals surface area (Å²) >= 11 is 0. The quantitative estimate of drug-likeness (QED) is 0.474. The normalized spacial score (nSPS) is 26.6. The van der Waals surface area contributed by atoms with E-state index in [0.29, 0.717) is 17.6 Å². The van der Waals surface area contributed by atoms with Gasteiger partial charge in [0.15, 0.2) is 0 Å². The van der Waals surface area contributed by atoms with Gasteiger partial charge in [-0.15, -0.1) is 0 Å². The van der Waals surface area contributed by atoms with Crippen LogP contribution in [0.4, 0.5) is 4.39 Å². The molecule has 1 aromatic carbocycles. The predicted molar refractivity (Wildman–Crippen MR) is 113 cm³/mol. The molecule has 4 heteroatoms. The van der Waals surface area contributed by atoms with E-state index < -0.39 is 5.41 Å². The fraction of sp³-hybridized carbons (Fsp3) is 0.708. The van der Waals surface area contributed by atoms with Crippen molar-refractivity contribution in [3.8, 4) is 5.75 Å². The minimum atomic E-state index is -0.607. The number of hydrogen-bond acceptors (Lipinski definition) is 3. The lowest BCUT2D eigenvalue weighted by Gasteiger charge is -2.38. The van der Waals surface area contributed by atoms with E-state index in [1.807, 2.05) is 40.7 Å². The lowest BCUT2D eigenvalue weighted by atomic mass is 9.69. The highest BCUT2D eigenvalue weighted by Crippen LogP contribution is 2.52. The second-order valence-electron chi connectivity index (χ2n) is 9.57. The van der Waals surface area contributed by atoms with Gasteiger partial charge in [-0.05, 0) is 95.5 Å². The number of fused-ring (bicyclic) bond motifs is 2. The van der Waals surface area contributed by atoms with E-state index in [2.05, 4.69) is 19.0 Å². The maximum Gasteiger partial charge on any atom is 0.316 e. The highest BCUT2D eigenvalue weighted by Gasteiger charge is 2.42. The van der Waals surface area contributed by atoms with E-state index in [1.165, 1.54) is 25.3 Å². The summed E-state index contributed by atoms with van der Waals surface area (Å²) in [5.41, 5.74) is 0.384. The van der Waals surface area contributed by atoms with Gasteiger partial charge in [0.25, 0.3) is 0 Å². The molecule has 28 heavy (non-hydrogen) atoms. The van der Waals surface area contributed by atoms with Crippen molar-refractivity contribution in [2.75, 3.05) is 20.6 Å². The number of nitrogens with zero attached hydrogens (tertiary/aromatic N) is 1. The van der Waals surface area contributed by atoms with Gasteiger partial charge in [-0.3, -0.25) is 4.79 Å². The van der Waals surface area contributed by atoms with Gasteiger partial charge in [0.1, 0.15) is 11.6 Å². The Balaban J connectivity index is 0.00000136. The van der Waals surface area contributed by atoms with Crippen LogP contribution in [0.25, 0.3) is 0 Å². The Kier molecular flexibility index (Phi) is 7.66. The van der Waals surface area contributed by atoms with Crippen LogP contribution in [0.15, 0.2) is 18.2 Å². The zero-order valence-corrected chi connectivity index (χ0v) is 18.7. The molecule has 4 atom stereocenters. The molecule has 0 heterocycles. The van der Waals surface area contributed by atoms with Crippen LogP contribution in [0.5, 0.6) is 5.75 Å². The summed E-state index contributed by atoms with van der Waals surface area (Å²) in [6.07, 6.45) is 5.02. The summed E-state index contributed by atoms with van der Waals surface area (Å²) in [7, 11) is 4.22. The summed E-state index contributed by atoms with van der Waals surface area (Å²) in [4.78, 5) is 14.5. The van der Waals surface area contributed by atoms with Crippen LogP contribution in [0, 0.1) is 29.0 Å². The Morgan fingerprint density at radius 2 is 1.82 bits per heavy atom. The molecule has 2 aliphatic rings. The second-order valence-corrected chi connectivity index (χ2v) is 9.57. The highest BCUT2D eigenvalue weighted by molar-refractivity contribution is 5.77. The van der Waals surface area contributed by atoms with Crippen molar-refractivity contribution < 1.29 is 13.9 Å². The molecule has 2 aliphatic carbocycles. The first-order valence-electron chi connectivity index (χ1n) is 10.8. The Morgan fingerprint density at radius 3 is 2.43 bits per heavy atom. The van der Waals surface area contributed by atoms with Gasteiger partial charge in [-0.2, -0.15) is 0 Å². The van der Waals surface area contributed by atoms with Crippen molar-refractivity contribution >= 4 is 5.97 Å². The van der Waals surface area contributed by atoms with E-state index in [0.717, 1.165) is 30.4 Å². The van der Waals surface area contributed by atoms with Gasteiger partial charge >= 0.3 is 5.97 Å². The third kappa shape index (κ3) is 5.56. The first kappa shape index (κ1) is 22.9. The van der Waals surface area contributed by atoms with Crippen LogP contribution in [-0.4, -0.2) is 31.5 Å². The molecular formula is C24H38FNO2. The highest BCUT2D eigenvalue weighted by atomic mass is 19.1. The molecule has 0 amide bonds. The SMILES string of the molecule is CC.CN(C)CC1C(c2cc(F)cc(OC(=O)C(C)(C)C)c2)C[C@@H]2CC[C@H]1C2. The third-order valence-corrected chi connectivity index (χ3v) is 6.01. The van der Waals surface area contributed by atoms with Crippen molar-refractivity contribution in [2.45, 2.75) is 66.2 Å². The standard InChI is InChI=1S/C22H32FNO2.C2H6/c1-22(2,3)21(25)26-18-11-16(10-17(23)12-18)19-9-14-6-7-15(8-14)20(19)13-24(4)5;1-2/h10-12,14-15,19-20H,6-9,13H2,1-5H3;1-2H3/t14-,15+,19?,20?;/m1./s1. The summed E-state index contributed by atoms with van der Waals surface area (Å²) in [6, 6.07) is 4.86. The van der Waals surface area contributed by atoms with Crippen molar-refractivity contribution in [1.29, 1.82) is 0 Å². The Bertz CT molecular complexity index is 665. The number of rotatable bonds is 4. The molecule has 0 aromatic heterocycles. The minimum Gasteiger partial charge on any atom is -0.426 e. The molecule has 2 bridgehead atoms. The summed E-state index contributed by atoms with van der Waals surface area (Å²) in [6.45, 7) is 10.4. The smallest absolute Gasteiger partial charge is 0.316 e.